The van der Waals surface area contributed by atoms with Crippen molar-refractivity contribution in [3.63, 3.8) is 0 Å². The fraction of sp³-hybridized carbons (Fsp3) is 0.500. The molecule has 1 saturated heterocycles. The van der Waals surface area contributed by atoms with Crippen molar-refractivity contribution in [2.75, 3.05) is 20.8 Å². The lowest BCUT2D eigenvalue weighted by atomic mass is 9.86. The molecule has 1 aromatic carbocycles. The SMILES string of the molecule is COC(=O)C(C(=O)OC)[C@H](C)[C@H](NC(=O)[C@H]1CCCN1C(=O)OCc1ccccc1)C(N)=O. The van der Waals surface area contributed by atoms with Crippen molar-refractivity contribution in [3.8, 4) is 0 Å². The number of primary amides is 1. The van der Waals surface area contributed by atoms with Crippen LogP contribution < -0.4 is 11.1 Å². The molecule has 33 heavy (non-hydrogen) atoms. The highest BCUT2D eigenvalue weighted by Gasteiger charge is 2.43. The van der Waals surface area contributed by atoms with Crippen molar-refractivity contribution < 1.29 is 38.2 Å². The molecule has 1 aromatic rings. The Morgan fingerprint density at radius 1 is 1.09 bits per heavy atom. The molecule has 0 aliphatic carbocycles. The maximum absolute atomic E-state index is 13.0. The molecule has 3 atom stereocenters. The fourth-order valence-electron chi connectivity index (χ4n) is 3.74. The van der Waals surface area contributed by atoms with Crippen molar-refractivity contribution in [2.45, 2.75) is 38.5 Å². The molecule has 1 fully saturated rings. The van der Waals surface area contributed by atoms with Crippen LogP contribution in [0.2, 0.25) is 0 Å². The molecule has 3 amide bonds. The molecule has 1 aliphatic heterocycles. The standard InChI is InChI=1S/C22H29N3O8/c1-13(16(20(28)31-2)21(29)32-3)17(18(23)26)24-19(27)15-10-7-11-25(15)22(30)33-12-14-8-5-4-6-9-14/h4-6,8-9,13,15-17H,7,10-12H2,1-3H3,(H2,23,26)(H,24,27)/t13-,15+,17-/m0/s1. The predicted octanol–water partition coefficient (Wildman–Crippen LogP) is 0.356. The Hall–Kier alpha value is -3.63. The highest BCUT2D eigenvalue weighted by atomic mass is 16.6. The van der Waals surface area contributed by atoms with Gasteiger partial charge in [-0.2, -0.15) is 0 Å². The zero-order valence-corrected chi connectivity index (χ0v) is 18.8. The summed E-state index contributed by atoms with van der Waals surface area (Å²) in [6.07, 6.45) is 0.244. The molecule has 0 spiro atoms. The molecule has 0 bridgehead atoms. The monoisotopic (exact) mass is 463 g/mol. The van der Waals surface area contributed by atoms with Crippen LogP contribution in [0.3, 0.4) is 0 Å². The average Bonchev–Trinajstić information content (AvgIpc) is 3.31. The van der Waals surface area contributed by atoms with E-state index >= 15 is 0 Å². The van der Waals surface area contributed by atoms with Gasteiger partial charge in [-0.05, 0) is 18.4 Å². The Kier molecular flexibility index (Phi) is 9.19. The number of methoxy groups -OCH3 is 2. The van der Waals surface area contributed by atoms with Gasteiger partial charge in [0.25, 0.3) is 0 Å². The first kappa shape index (κ1) is 25.6. The number of carbonyl (C=O) groups excluding carboxylic acids is 5. The van der Waals surface area contributed by atoms with Crippen molar-refractivity contribution in [1.29, 1.82) is 0 Å². The summed E-state index contributed by atoms with van der Waals surface area (Å²) in [6, 6.07) is 6.80. The number of amides is 3. The van der Waals surface area contributed by atoms with Gasteiger partial charge in [-0.25, -0.2) is 4.79 Å². The lowest BCUT2D eigenvalue weighted by Crippen LogP contribution is -2.56. The van der Waals surface area contributed by atoms with Crippen LogP contribution in [0.25, 0.3) is 0 Å². The summed E-state index contributed by atoms with van der Waals surface area (Å²) >= 11 is 0. The third-order valence-electron chi connectivity index (χ3n) is 5.56. The molecule has 180 valence electrons. The number of benzene rings is 1. The van der Waals surface area contributed by atoms with Gasteiger partial charge >= 0.3 is 18.0 Å². The largest absolute Gasteiger partial charge is 0.468 e. The quantitative estimate of drug-likeness (QED) is 0.302. The van der Waals surface area contributed by atoms with E-state index in [9.17, 15) is 24.0 Å². The molecule has 2 rings (SSSR count). The topological polar surface area (TPSA) is 154 Å². The fourth-order valence-corrected chi connectivity index (χ4v) is 3.74. The summed E-state index contributed by atoms with van der Waals surface area (Å²) in [5.41, 5.74) is 6.25. The van der Waals surface area contributed by atoms with Crippen molar-refractivity contribution in [1.82, 2.24) is 10.2 Å². The summed E-state index contributed by atoms with van der Waals surface area (Å²) in [4.78, 5) is 63.1. The third-order valence-corrected chi connectivity index (χ3v) is 5.56. The maximum Gasteiger partial charge on any atom is 0.410 e. The van der Waals surface area contributed by atoms with E-state index in [-0.39, 0.29) is 6.61 Å². The van der Waals surface area contributed by atoms with Crippen LogP contribution in [-0.4, -0.2) is 67.6 Å². The number of likely N-dealkylation sites (tertiary alicyclic amines) is 1. The number of esters is 2. The Morgan fingerprint density at radius 3 is 2.24 bits per heavy atom. The first-order valence-corrected chi connectivity index (χ1v) is 10.4. The number of ether oxygens (including phenoxy) is 3. The third kappa shape index (κ3) is 6.43. The number of rotatable bonds is 9. The molecule has 0 saturated carbocycles. The first-order chi connectivity index (χ1) is 15.7. The Bertz CT molecular complexity index is 860. The van der Waals surface area contributed by atoms with Gasteiger partial charge in [0.2, 0.25) is 11.8 Å². The molecular formula is C22H29N3O8. The number of carbonyl (C=O) groups is 5. The molecule has 0 aromatic heterocycles. The first-order valence-electron chi connectivity index (χ1n) is 10.4. The molecule has 3 N–H and O–H groups in total. The van der Waals surface area contributed by atoms with E-state index in [0.717, 1.165) is 19.8 Å². The van der Waals surface area contributed by atoms with Crippen LogP contribution in [-0.2, 0) is 40.0 Å². The van der Waals surface area contributed by atoms with Crippen molar-refractivity contribution in [3.05, 3.63) is 35.9 Å². The smallest absolute Gasteiger partial charge is 0.410 e. The van der Waals surface area contributed by atoms with Crippen molar-refractivity contribution in [2.24, 2.45) is 17.6 Å². The molecule has 1 aliphatic rings. The van der Waals surface area contributed by atoms with Gasteiger partial charge in [-0.3, -0.25) is 24.1 Å². The molecule has 1 heterocycles. The van der Waals surface area contributed by atoms with Crippen LogP contribution in [0.15, 0.2) is 30.3 Å². The van der Waals surface area contributed by atoms with E-state index in [1.807, 2.05) is 18.2 Å². The lowest BCUT2D eigenvalue weighted by Gasteiger charge is -2.29. The maximum atomic E-state index is 13.0. The Balaban J connectivity index is 2.10. The van der Waals surface area contributed by atoms with E-state index < -0.39 is 53.8 Å². The number of hydrogen-bond acceptors (Lipinski definition) is 8. The minimum atomic E-state index is -1.48. The van der Waals surface area contributed by atoms with E-state index in [1.54, 1.807) is 12.1 Å². The molecular weight excluding hydrogens is 434 g/mol. The molecule has 0 unspecified atom stereocenters. The van der Waals surface area contributed by atoms with Gasteiger partial charge < -0.3 is 25.3 Å². The highest BCUT2D eigenvalue weighted by molar-refractivity contribution is 5.97. The van der Waals surface area contributed by atoms with Gasteiger partial charge in [0.1, 0.15) is 18.7 Å². The van der Waals surface area contributed by atoms with Crippen LogP contribution in [0.1, 0.15) is 25.3 Å². The highest BCUT2D eigenvalue weighted by Crippen LogP contribution is 2.22. The zero-order chi connectivity index (χ0) is 24.5. The van der Waals surface area contributed by atoms with Gasteiger partial charge in [0.15, 0.2) is 5.92 Å². The second kappa shape index (κ2) is 11.8. The Labute approximate surface area is 191 Å². The summed E-state index contributed by atoms with van der Waals surface area (Å²) < 4.78 is 14.6. The summed E-state index contributed by atoms with van der Waals surface area (Å²) in [7, 11) is 2.17. The number of nitrogens with one attached hydrogen (secondary N) is 1. The second-order valence-electron chi connectivity index (χ2n) is 7.66. The van der Waals surface area contributed by atoms with Crippen molar-refractivity contribution >= 4 is 29.8 Å². The van der Waals surface area contributed by atoms with Gasteiger partial charge in [-0.15, -0.1) is 0 Å². The van der Waals surface area contributed by atoms with Crippen LogP contribution in [0.5, 0.6) is 0 Å². The predicted molar refractivity (Wildman–Crippen MR) is 114 cm³/mol. The van der Waals surface area contributed by atoms with Crippen LogP contribution >= 0.6 is 0 Å². The minimum absolute atomic E-state index is 0.0470. The summed E-state index contributed by atoms with van der Waals surface area (Å²) in [6.45, 7) is 1.75. The number of hydrogen-bond donors (Lipinski definition) is 2. The van der Waals surface area contributed by atoms with Gasteiger partial charge in [0, 0.05) is 12.5 Å². The van der Waals surface area contributed by atoms with E-state index in [2.05, 4.69) is 14.8 Å². The number of nitrogens with two attached hydrogens (primary N) is 1. The molecule has 0 radical (unpaired) electrons. The number of nitrogens with zero attached hydrogens (tertiary/aromatic N) is 1. The van der Waals surface area contributed by atoms with Crippen LogP contribution in [0.4, 0.5) is 4.79 Å². The molecule has 11 nitrogen and oxygen atoms in total. The van der Waals surface area contributed by atoms with Gasteiger partial charge in [0.05, 0.1) is 14.2 Å². The summed E-state index contributed by atoms with van der Waals surface area (Å²) in [5.74, 6) is -6.00. The average molecular weight is 463 g/mol. The second-order valence-corrected chi connectivity index (χ2v) is 7.66. The Morgan fingerprint density at radius 2 is 1.70 bits per heavy atom. The van der Waals surface area contributed by atoms with E-state index in [0.29, 0.717) is 19.4 Å². The molecule has 11 heteroatoms. The normalized spacial score (nSPS) is 17.1. The minimum Gasteiger partial charge on any atom is -0.468 e. The van der Waals surface area contributed by atoms with Gasteiger partial charge in [-0.1, -0.05) is 37.3 Å². The summed E-state index contributed by atoms with van der Waals surface area (Å²) in [5, 5.41) is 2.48. The zero-order valence-electron chi connectivity index (χ0n) is 18.8. The lowest BCUT2D eigenvalue weighted by molar-refractivity contribution is -0.162. The van der Waals surface area contributed by atoms with E-state index in [1.165, 1.54) is 11.8 Å². The van der Waals surface area contributed by atoms with E-state index in [4.69, 9.17) is 10.5 Å². The van der Waals surface area contributed by atoms with Crippen LogP contribution in [0, 0.1) is 11.8 Å².